The minimum atomic E-state index is -0.321. The van der Waals surface area contributed by atoms with Crippen molar-refractivity contribution in [1.82, 2.24) is 24.1 Å². The first-order chi connectivity index (χ1) is 14.2. The van der Waals surface area contributed by atoms with Crippen LogP contribution < -0.4 is 10.2 Å². The van der Waals surface area contributed by atoms with E-state index in [-0.39, 0.29) is 18.5 Å². The fourth-order valence-electron chi connectivity index (χ4n) is 3.73. The summed E-state index contributed by atoms with van der Waals surface area (Å²) in [5.74, 6) is 1.38. The van der Waals surface area contributed by atoms with Gasteiger partial charge in [0.15, 0.2) is 5.82 Å². The number of anilines is 3. The molecule has 1 aliphatic heterocycles. The lowest BCUT2D eigenvalue weighted by Gasteiger charge is -2.23. The van der Waals surface area contributed by atoms with Crippen LogP contribution in [0.2, 0.25) is 0 Å². The molecule has 0 bridgehead atoms. The van der Waals surface area contributed by atoms with E-state index in [4.69, 9.17) is 4.98 Å². The molecule has 0 saturated carbocycles. The minimum Gasteiger partial charge on any atom is -0.394 e. The Labute approximate surface area is 166 Å². The molecule has 0 radical (unpaired) electrons. The number of benzene rings is 1. The topological polar surface area (TPSA) is 83.5 Å². The van der Waals surface area contributed by atoms with Gasteiger partial charge in [0.1, 0.15) is 23.5 Å². The van der Waals surface area contributed by atoms with Crippen molar-refractivity contribution in [1.29, 1.82) is 0 Å². The highest BCUT2D eigenvalue weighted by Gasteiger charge is 2.27. The van der Waals surface area contributed by atoms with Gasteiger partial charge in [0, 0.05) is 12.7 Å². The van der Waals surface area contributed by atoms with E-state index in [0.29, 0.717) is 23.3 Å². The maximum Gasteiger partial charge on any atom is 0.245 e. The molecule has 1 saturated heterocycles. The van der Waals surface area contributed by atoms with Gasteiger partial charge in [-0.3, -0.25) is 0 Å². The van der Waals surface area contributed by atoms with E-state index in [1.807, 2.05) is 23.2 Å². The molecule has 148 valence electrons. The van der Waals surface area contributed by atoms with Crippen LogP contribution in [0.5, 0.6) is 0 Å². The van der Waals surface area contributed by atoms with Crippen molar-refractivity contribution in [3.8, 4) is 5.69 Å². The molecule has 4 heterocycles. The number of nitrogens with zero attached hydrogens (tertiary/aromatic N) is 6. The van der Waals surface area contributed by atoms with Crippen molar-refractivity contribution in [3.63, 3.8) is 0 Å². The molecule has 2 N–H and O–H groups in total. The Morgan fingerprint density at radius 1 is 1.21 bits per heavy atom. The van der Waals surface area contributed by atoms with E-state index in [9.17, 15) is 9.50 Å². The molecule has 0 aliphatic carbocycles. The molecular weight excluding hydrogens is 373 g/mol. The van der Waals surface area contributed by atoms with Gasteiger partial charge < -0.3 is 19.9 Å². The van der Waals surface area contributed by atoms with Crippen molar-refractivity contribution >= 4 is 23.1 Å². The van der Waals surface area contributed by atoms with Crippen LogP contribution in [0.25, 0.3) is 11.2 Å². The Bertz CT molecular complexity index is 1150. The number of fused-ring (bicyclic) bond motifs is 1. The summed E-state index contributed by atoms with van der Waals surface area (Å²) in [5.41, 5.74) is 1.22. The lowest BCUT2D eigenvalue weighted by molar-refractivity contribution is 0.265. The average molecular weight is 393 g/mol. The number of aliphatic hydroxyl groups is 1. The number of nitrogens with one attached hydrogen (secondary N) is 1. The fraction of sp³-hybridized carbons (Fsp3) is 0.250. The zero-order valence-electron chi connectivity index (χ0n) is 15.6. The molecule has 3 aromatic heterocycles. The number of hydrogen-bond acceptors (Lipinski definition) is 6. The molecule has 0 spiro atoms. The average Bonchev–Trinajstić information content (AvgIpc) is 3.48. The van der Waals surface area contributed by atoms with Crippen LogP contribution in [0.1, 0.15) is 12.8 Å². The Balaban J connectivity index is 1.49. The molecule has 1 unspecified atom stereocenters. The van der Waals surface area contributed by atoms with Gasteiger partial charge in [-0.05, 0) is 37.1 Å². The first-order valence-electron chi connectivity index (χ1n) is 9.52. The summed E-state index contributed by atoms with van der Waals surface area (Å²) >= 11 is 0. The Hall–Kier alpha value is -3.46. The van der Waals surface area contributed by atoms with Crippen molar-refractivity contribution in [3.05, 3.63) is 60.9 Å². The van der Waals surface area contributed by atoms with Gasteiger partial charge in [-0.15, -0.1) is 5.10 Å². The van der Waals surface area contributed by atoms with Crippen LogP contribution in [0.15, 0.2) is 55.1 Å². The summed E-state index contributed by atoms with van der Waals surface area (Å²) in [6.07, 6.45) is 7.04. The highest BCUT2D eigenvalue weighted by Crippen LogP contribution is 2.26. The van der Waals surface area contributed by atoms with E-state index in [1.165, 1.54) is 6.07 Å². The van der Waals surface area contributed by atoms with Crippen molar-refractivity contribution < 1.29 is 9.50 Å². The molecule has 1 aromatic carbocycles. The fourth-order valence-corrected chi connectivity index (χ4v) is 3.73. The highest BCUT2D eigenvalue weighted by atomic mass is 19.1. The number of hydrogen-bond donors (Lipinski definition) is 2. The van der Waals surface area contributed by atoms with Crippen LogP contribution in [0.3, 0.4) is 0 Å². The van der Waals surface area contributed by atoms with Gasteiger partial charge in [-0.25, -0.2) is 13.9 Å². The summed E-state index contributed by atoms with van der Waals surface area (Å²) in [5, 5.41) is 17.5. The van der Waals surface area contributed by atoms with E-state index in [1.54, 1.807) is 39.8 Å². The van der Waals surface area contributed by atoms with Crippen LogP contribution >= 0.6 is 0 Å². The second-order valence-electron chi connectivity index (χ2n) is 7.01. The molecule has 29 heavy (non-hydrogen) atoms. The number of aliphatic hydroxyl groups excluding tert-OH is 1. The first kappa shape index (κ1) is 17.6. The van der Waals surface area contributed by atoms with Crippen LogP contribution in [0, 0.1) is 5.82 Å². The van der Waals surface area contributed by atoms with E-state index in [2.05, 4.69) is 15.4 Å². The molecular formula is C20H20FN7O. The molecule has 0 amide bonds. The molecule has 4 aromatic rings. The first-order valence-corrected chi connectivity index (χ1v) is 9.52. The molecule has 8 nitrogen and oxygen atoms in total. The Kier molecular flexibility index (Phi) is 4.36. The quantitative estimate of drug-likeness (QED) is 0.543. The Morgan fingerprint density at radius 3 is 2.97 bits per heavy atom. The zero-order valence-corrected chi connectivity index (χ0v) is 15.6. The molecule has 5 rings (SSSR count). The summed E-state index contributed by atoms with van der Waals surface area (Å²) in [4.78, 5) is 11.1. The van der Waals surface area contributed by atoms with E-state index < -0.39 is 0 Å². The third-order valence-corrected chi connectivity index (χ3v) is 5.18. The third-order valence-electron chi connectivity index (χ3n) is 5.18. The summed E-state index contributed by atoms with van der Waals surface area (Å²) in [6, 6.07) is 10.4. The highest BCUT2D eigenvalue weighted by molar-refractivity contribution is 5.73. The largest absolute Gasteiger partial charge is 0.394 e. The van der Waals surface area contributed by atoms with Gasteiger partial charge in [-0.1, -0.05) is 12.1 Å². The molecule has 1 fully saturated rings. The second-order valence-corrected chi connectivity index (χ2v) is 7.01. The minimum absolute atomic E-state index is 0.0242. The monoisotopic (exact) mass is 393 g/mol. The maximum atomic E-state index is 14.1. The van der Waals surface area contributed by atoms with Crippen LogP contribution in [0.4, 0.5) is 22.0 Å². The van der Waals surface area contributed by atoms with E-state index >= 15 is 0 Å². The second kappa shape index (κ2) is 7.17. The van der Waals surface area contributed by atoms with Gasteiger partial charge in [0.05, 0.1) is 24.5 Å². The zero-order chi connectivity index (χ0) is 19.8. The normalized spacial score (nSPS) is 16.6. The predicted octanol–water partition coefficient (Wildman–Crippen LogP) is 2.76. The molecule has 1 aliphatic rings. The van der Waals surface area contributed by atoms with Crippen molar-refractivity contribution in [2.75, 3.05) is 23.4 Å². The summed E-state index contributed by atoms with van der Waals surface area (Å²) in [7, 11) is 0. The number of para-hydroxylation sites is 1. The number of rotatable bonds is 5. The number of halogens is 1. The molecule has 1 atom stereocenters. The van der Waals surface area contributed by atoms with Crippen LogP contribution in [-0.2, 0) is 0 Å². The standard InChI is InChI=1S/C20H20FN7O/c21-15-6-1-2-7-16(15)26-11-18(22-13-26)23-19-17-8-4-10-28(17)25-20(24-19)27-9-3-5-14(27)12-29/h1-2,4,6-8,10-11,13-14,29H,3,5,9,12H2,(H,23,24,25). The smallest absolute Gasteiger partial charge is 0.245 e. The van der Waals surface area contributed by atoms with E-state index in [0.717, 1.165) is 24.9 Å². The lowest BCUT2D eigenvalue weighted by atomic mass is 10.2. The van der Waals surface area contributed by atoms with Crippen molar-refractivity contribution in [2.45, 2.75) is 18.9 Å². The summed E-state index contributed by atoms with van der Waals surface area (Å²) < 4.78 is 17.4. The third kappa shape index (κ3) is 3.19. The van der Waals surface area contributed by atoms with Gasteiger partial charge >= 0.3 is 0 Å². The predicted molar refractivity (Wildman–Crippen MR) is 107 cm³/mol. The van der Waals surface area contributed by atoms with Crippen LogP contribution in [-0.4, -0.2) is 48.4 Å². The maximum absolute atomic E-state index is 14.1. The number of aromatic nitrogens is 5. The van der Waals surface area contributed by atoms with Gasteiger partial charge in [0.25, 0.3) is 0 Å². The lowest BCUT2D eigenvalue weighted by Crippen LogP contribution is -2.34. The van der Waals surface area contributed by atoms with Crippen molar-refractivity contribution in [2.24, 2.45) is 0 Å². The van der Waals surface area contributed by atoms with Gasteiger partial charge in [-0.2, -0.15) is 4.98 Å². The van der Waals surface area contributed by atoms with Gasteiger partial charge in [0.2, 0.25) is 5.95 Å². The SMILES string of the molecule is OCC1CCCN1c1nc(Nc2cn(-c3ccccc3F)cn2)c2cccn2n1. The number of imidazole rings is 1. The Morgan fingerprint density at radius 2 is 2.10 bits per heavy atom. The molecule has 9 heteroatoms. The summed E-state index contributed by atoms with van der Waals surface area (Å²) in [6.45, 7) is 0.877.